The van der Waals surface area contributed by atoms with Gasteiger partial charge in [-0.15, -0.1) is 0 Å². The van der Waals surface area contributed by atoms with Gasteiger partial charge in [0.2, 0.25) is 5.91 Å². The Morgan fingerprint density at radius 2 is 1.86 bits per heavy atom. The van der Waals surface area contributed by atoms with E-state index in [1.807, 2.05) is 36.4 Å². The molecule has 0 fully saturated rings. The highest BCUT2D eigenvalue weighted by Gasteiger charge is 2.34. The van der Waals surface area contributed by atoms with E-state index in [4.69, 9.17) is 11.6 Å². The van der Waals surface area contributed by atoms with Gasteiger partial charge in [0.05, 0.1) is 17.3 Å². The van der Waals surface area contributed by atoms with Crippen LogP contribution in [0.15, 0.2) is 82.7 Å². The number of carbonyl (C=O) groups is 1. The first-order valence-electron chi connectivity index (χ1n) is 11.5. The van der Waals surface area contributed by atoms with Gasteiger partial charge < -0.3 is 4.98 Å². The molecule has 0 saturated heterocycles. The summed E-state index contributed by atoms with van der Waals surface area (Å²) in [6.07, 6.45) is 1.10. The number of H-pyrrole nitrogens is 1. The molecule has 176 valence electrons. The molecule has 5 nitrogen and oxygen atoms in total. The molecule has 0 radical (unpaired) electrons. The van der Waals surface area contributed by atoms with E-state index in [1.54, 1.807) is 31.2 Å². The van der Waals surface area contributed by atoms with Crippen LogP contribution in [0.1, 0.15) is 48.1 Å². The van der Waals surface area contributed by atoms with Crippen LogP contribution in [0.4, 0.5) is 4.39 Å². The zero-order valence-corrected chi connectivity index (χ0v) is 19.8. The zero-order chi connectivity index (χ0) is 24.5. The molecule has 35 heavy (non-hydrogen) atoms. The van der Waals surface area contributed by atoms with Gasteiger partial charge in [0.1, 0.15) is 5.82 Å². The number of hydrogen-bond acceptors (Lipinski definition) is 3. The summed E-state index contributed by atoms with van der Waals surface area (Å²) >= 11 is 6.34. The topological polar surface area (TPSA) is 65.5 Å². The van der Waals surface area contributed by atoms with Crippen LogP contribution in [0.2, 0.25) is 5.02 Å². The molecule has 0 aliphatic carbocycles. The molecular weight excluding hydrogens is 465 g/mol. The monoisotopic (exact) mass is 487 g/mol. The molecule has 2 heterocycles. The number of fused-ring (bicyclic) bond motifs is 1. The Kier molecular flexibility index (Phi) is 6.22. The number of pyridine rings is 1. The molecular formula is C28H23ClFN3O2. The smallest absolute Gasteiger partial charge is 0.257 e. The molecule has 1 amide bonds. The summed E-state index contributed by atoms with van der Waals surface area (Å²) in [5.74, 6) is -0.520. The third kappa shape index (κ3) is 4.49. The molecule has 5 rings (SSSR count). The van der Waals surface area contributed by atoms with E-state index in [0.29, 0.717) is 34.7 Å². The molecule has 1 N–H and O–H groups in total. The molecule has 1 aliphatic rings. The lowest BCUT2D eigenvalue weighted by molar-refractivity contribution is -0.132. The van der Waals surface area contributed by atoms with Crippen molar-refractivity contribution in [3.63, 3.8) is 0 Å². The van der Waals surface area contributed by atoms with E-state index in [-0.39, 0.29) is 23.7 Å². The maximum absolute atomic E-state index is 13.6. The Balaban J connectivity index is 1.68. The number of aromatic amines is 1. The van der Waals surface area contributed by atoms with Crippen LogP contribution in [0, 0.1) is 5.82 Å². The van der Waals surface area contributed by atoms with Gasteiger partial charge in [0, 0.05) is 28.8 Å². The van der Waals surface area contributed by atoms with Crippen LogP contribution in [-0.2, 0) is 11.2 Å². The van der Waals surface area contributed by atoms with E-state index >= 15 is 0 Å². The largest absolute Gasteiger partial charge is 0.321 e. The number of benzene rings is 3. The molecule has 1 aromatic heterocycles. The highest BCUT2D eigenvalue weighted by Crippen LogP contribution is 2.35. The van der Waals surface area contributed by atoms with Crippen molar-refractivity contribution in [3.05, 3.63) is 116 Å². The molecule has 0 saturated carbocycles. The number of carbonyl (C=O) groups excluding carboxylic acids is 1. The van der Waals surface area contributed by atoms with Crippen molar-refractivity contribution in [2.24, 2.45) is 5.10 Å². The van der Waals surface area contributed by atoms with Crippen LogP contribution in [0.5, 0.6) is 0 Å². The second kappa shape index (κ2) is 9.47. The average Bonchev–Trinajstić information content (AvgIpc) is 3.30. The van der Waals surface area contributed by atoms with Crippen molar-refractivity contribution in [1.29, 1.82) is 0 Å². The minimum absolute atomic E-state index is 0.167. The van der Waals surface area contributed by atoms with Crippen molar-refractivity contribution in [2.75, 3.05) is 0 Å². The van der Waals surface area contributed by atoms with Crippen molar-refractivity contribution in [3.8, 4) is 0 Å². The number of nitrogens with zero attached hydrogens (tertiary/aromatic N) is 2. The first kappa shape index (κ1) is 23.0. The molecule has 1 atom stereocenters. The summed E-state index contributed by atoms with van der Waals surface area (Å²) in [5, 5.41) is 7.47. The standard InChI is InChI=1S/C28H23ClFN3O2/c1-2-26(34)33-25(18-8-11-20(30)12-9-18)16-24(32-33)27-22(14-17-6-4-3-5-7-17)21-15-19(29)10-13-23(21)31-28(27)35/h3-13,15,25H,2,14,16H2,1H3,(H,31,35). The number of nitrogens with one attached hydrogen (secondary N) is 1. The van der Waals surface area contributed by atoms with Crippen molar-refractivity contribution in [1.82, 2.24) is 9.99 Å². The first-order valence-corrected chi connectivity index (χ1v) is 11.9. The highest BCUT2D eigenvalue weighted by atomic mass is 35.5. The SMILES string of the molecule is CCC(=O)N1N=C(c2c(Cc3ccccc3)c3cc(Cl)ccc3[nH]c2=O)CC1c1ccc(F)cc1. The fourth-order valence-corrected chi connectivity index (χ4v) is 4.79. The van der Waals surface area contributed by atoms with E-state index in [0.717, 1.165) is 22.1 Å². The second-order valence-electron chi connectivity index (χ2n) is 8.57. The Labute approximate surface area is 206 Å². The predicted octanol–water partition coefficient (Wildman–Crippen LogP) is 6.00. The quantitative estimate of drug-likeness (QED) is 0.375. The van der Waals surface area contributed by atoms with Gasteiger partial charge in [-0.1, -0.05) is 61.0 Å². The second-order valence-corrected chi connectivity index (χ2v) is 9.01. The van der Waals surface area contributed by atoms with Crippen molar-refractivity contribution >= 4 is 34.1 Å². The van der Waals surface area contributed by atoms with Crippen molar-refractivity contribution < 1.29 is 9.18 Å². The van der Waals surface area contributed by atoms with E-state index in [9.17, 15) is 14.0 Å². The number of rotatable bonds is 5. The Morgan fingerprint density at radius 3 is 2.57 bits per heavy atom. The summed E-state index contributed by atoms with van der Waals surface area (Å²) in [4.78, 5) is 29.2. The Hall–Kier alpha value is -3.77. The summed E-state index contributed by atoms with van der Waals surface area (Å²) < 4.78 is 13.6. The lowest BCUT2D eigenvalue weighted by Crippen LogP contribution is -2.26. The van der Waals surface area contributed by atoms with Crippen molar-refractivity contribution in [2.45, 2.75) is 32.2 Å². The van der Waals surface area contributed by atoms with E-state index in [2.05, 4.69) is 10.1 Å². The predicted molar refractivity (Wildman–Crippen MR) is 136 cm³/mol. The first-order chi connectivity index (χ1) is 16.9. The summed E-state index contributed by atoms with van der Waals surface area (Å²) in [6.45, 7) is 1.77. The normalized spacial score (nSPS) is 15.5. The van der Waals surface area contributed by atoms with Gasteiger partial charge in [-0.2, -0.15) is 5.10 Å². The van der Waals surface area contributed by atoms with Gasteiger partial charge in [-0.3, -0.25) is 9.59 Å². The number of amides is 1. The van der Waals surface area contributed by atoms with E-state index < -0.39 is 6.04 Å². The average molecular weight is 488 g/mol. The minimum atomic E-state index is -0.419. The fourth-order valence-electron chi connectivity index (χ4n) is 4.62. The number of hydrazone groups is 1. The zero-order valence-electron chi connectivity index (χ0n) is 19.1. The fraction of sp³-hybridized carbons (Fsp3) is 0.179. The van der Waals surface area contributed by atoms with E-state index in [1.165, 1.54) is 17.1 Å². The van der Waals surface area contributed by atoms with Crippen LogP contribution < -0.4 is 5.56 Å². The van der Waals surface area contributed by atoms with Gasteiger partial charge in [0.25, 0.3) is 5.56 Å². The van der Waals surface area contributed by atoms with Crippen LogP contribution in [-0.4, -0.2) is 21.6 Å². The molecule has 1 unspecified atom stereocenters. The summed E-state index contributed by atoms with van der Waals surface area (Å²) in [5.41, 5.74) is 3.99. The maximum atomic E-state index is 13.6. The van der Waals surface area contributed by atoms with Crippen LogP contribution in [0.3, 0.4) is 0 Å². The molecule has 0 spiro atoms. The lowest BCUT2D eigenvalue weighted by Gasteiger charge is -2.21. The molecule has 4 aromatic rings. The third-order valence-corrected chi connectivity index (χ3v) is 6.55. The third-order valence-electron chi connectivity index (χ3n) is 6.32. The summed E-state index contributed by atoms with van der Waals surface area (Å²) in [7, 11) is 0. The maximum Gasteiger partial charge on any atom is 0.257 e. The number of hydrogen-bond donors (Lipinski definition) is 1. The number of aromatic nitrogens is 1. The molecule has 3 aromatic carbocycles. The van der Waals surface area contributed by atoms with Crippen LogP contribution in [0.25, 0.3) is 10.9 Å². The van der Waals surface area contributed by atoms with Gasteiger partial charge in [-0.25, -0.2) is 9.40 Å². The molecule has 1 aliphatic heterocycles. The minimum Gasteiger partial charge on any atom is -0.321 e. The molecule has 0 bridgehead atoms. The molecule has 7 heteroatoms. The lowest BCUT2D eigenvalue weighted by atomic mass is 9.91. The van der Waals surface area contributed by atoms with Gasteiger partial charge in [0.15, 0.2) is 0 Å². The Morgan fingerprint density at radius 1 is 1.11 bits per heavy atom. The number of halogens is 2. The Bertz CT molecular complexity index is 1500. The highest BCUT2D eigenvalue weighted by molar-refractivity contribution is 6.31. The van der Waals surface area contributed by atoms with Gasteiger partial charge in [-0.05, 0) is 53.4 Å². The summed E-state index contributed by atoms with van der Waals surface area (Å²) in [6, 6.07) is 20.9. The van der Waals surface area contributed by atoms with Crippen LogP contribution >= 0.6 is 11.6 Å². The van der Waals surface area contributed by atoms with Gasteiger partial charge >= 0.3 is 0 Å².